The Morgan fingerprint density at radius 3 is 2.48 bits per heavy atom. The average molecular weight is 343 g/mol. The van der Waals surface area contributed by atoms with Crippen molar-refractivity contribution in [2.45, 2.75) is 38.1 Å². The van der Waals surface area contributed by atoms with Crippen molar-refractivity contribution in [1.82, 2.24) is 5.32 Å². The van der Waals surface area contributed by atoms with Gasteiger partial charge in [-0.15, -0.1) is 12.4 Å². The van der Waals surface area contributed by atoms with Gasteiger partial charge in [0.2, 0.25) is 5.91 Å². The summed E-state index contributed by atoms with van der Waals surface area (Å²) in [5, 5.41) is 2.85. The molecule has 0 aliphatic carbocycles. The molecule has 1 fully saturated rings. The molecule has 0 atom stereocenters. The minimum Gasteiger partial charge on any atom is -0.492 e. The fourth-order valence-corrected chi connectivity index (χ4v) is 2.42. The van der Waals surface area contributed by atoms with E-state index in [-0.39, 0.29) is 18.3 Å². The molecular formula is C17H27ClN2O3. The molecule has 0 aromatic heterocycles. The molecule has 2 rings (SSSR count). The van der Waals surface area contributed by atoms with Crippen LogP contribution >= 0.6 is 12.4 Å². The zero-order chi connectivity index (χ0) is 16.0. The molecule has 1 aliphatic rings. The first-order valence-corrected chi connectivity index (χ1v) is 7.89. The number of halogens is 1. The second kappa shape index (κ2) is 9.11. The van der Waals surface area contributed by atoms with E-state index in [1.54, 1.807) is 0 Å². The Labute approximate surface area is 144 Å². The summed E-state index contributed by atoms with van der Waals surface area (Å²) < 4.78 is 10.9. The van der Waals surface area contributed by atoms with Crippen LogP contribution in [0.3, 0.4) is 0 Å². The number of hydrogen-bond acceptors (Lipinski definition) is 4. The molecular weight excluding hydrogens is 316 g/mol. The SMILES string of the molecule is CC(C)c1ccc(OCCNC(=O)C2(N)CCOCC2)cc1.Cl. The van der Waals surface area contributed by atoms with Gasteiger partial charge in [0.05, 0.1) is 12.1 Å². The minimum atomic E-state index is -0.794. The van der Waals surface area contributed by atoms with Crippen LogP contribution in [0, 0.1) is 0 Å². The quantitative estimate of drug-likeness (QED) is 0.777. The molecule has 0 spiro atoms. The lowest BCUT2D eigenvalue weighted by molar-refractivity contribution is -0.129. The van der Waals surface area contributed by atoms with Gasteiger partial charge in [0.15, 0.2) is 0 Å². The van der Waals surface area contributed by atoms with Crippen molar-refractivity contribution in [2.75, 3.05) is 26.4 Å². The number of nitrogens with one attached hydrogen (secondary N) is 1. The summed E-state index contributed by atoms with van der Waals surface area (Å²) in [6.07, 6.45) is 1.13. The number of benzene rings is 1. The lowest BCUT2D eigenvalue weighted by Gasteiger charge is -2.31. The first-order chi connectivity index (χ1) is 10.5. The standard InChI is InChI=1S/C17H26N2O3.ClH/c1-13(2)14-3-5-15(6-4-14)22-12-9-19-16(20)17(18)7-10-21-11-8-17;/h3-6,13H,7-12,18H2,1-2H3,(H,19,20);1H. The van der Waals surface area contributed by atoms with Crippen molar-refractivity contribution >= 4 is 18.3 Å². The van der Waals surface area contributed by atoms with Gasteiger partial charge >= 0.3 is 0 Å². The summed E-state index contributed by atoms with van der Waals surface area (Å²) in [5.74, 6) is 1.20. The van der Waals surface area contributed by atoms with E-state index in [9.17, 15) is 4.79 Å². The smallest absolute Gasteiger partial charge is 0.240 e. The molecule has 3 N–H and O–H groups in total. The number of carbonyl (C=O) groups excluding carboxylic acids is 1. The van der Waals surface area contributed by atoms with E-state index in [0.29, 0.717) is 45.1 Å². The summed E-state index contributed by atoms with van der Waals surface area (Å²) in [7, 11) is 0. The van der Waals surface area contributed by atoms with Crippen molar-refractivity contribution < 1.29 is 14.3 Å². The van der Waals surface area contributed by atoms with Crippen molar-refractivity contribution in [1.29, 1.82) is 0 Å². The third-order valence-corrected chi connectivity index (χ3v) is 4.04. The minimum absolute atomic E-state index is 0. The normalized spacial score (nSPS) is 16.5. The van der Waals surface area contributed by atoms with Crippen LogP contribution in [-0.4, -0.2) is 37.8 Å². The van der Waals surface area contributed by atoms with Gasteiger partial charge < -0.3 is 20.5 Å². The maximum absolute atomic E-state index is 12.1. The highest BCUT2D eigenvalue weighted by atomic mass is 35.5. The molecule has 1 amide bonds. The van der Waals surface area contributed by atoms with Crippen molar-refractivity contribution in [3.05, 3.63) is 29.8 Å². The average Bonchev–Trinajstić information content (AvgIpc) is 2.52. The van der Waals surface area contributed by atoms with E-state index >= 15 is 0 Å². The van der Waals surface area contributed by atoms with E-state index in [1.807, 2.05) is 12.1 Å². The molecule has 1 heterocycles. The number of amides is 1. The molecule has 5 nitrogen and oxygen atoms in total. The largest absolute Gasteiger partial charge is 0.492 e. The topological polar surface area (TPSA) is 73.6 Å². The highest BCUT2D eigenvalue weighted by Gasteiger charge is 2.35. The second-order valence-corrected chi connectivity index (χ2v) is 6.10. The molecule has 130 valence electrons. The zero-order valence-corrected chi connectivity index (χ0v) is 14.7. The molecule has 0 bridgehead atoms. The Bertz CT molecular complexity index is 485. The van der Waals surface area contributed by atoms with Crippen LogP contribution in [0.15, 0.2) is 24.3 Å². The van der Waals surface area contributed by atoms with Gasteiger partial charge in [-0.3, -0.25) is 4.79 Å². The summed E-state index contributed by atoms with van der Waals surface area (Å²) in [6, 6.07) is 8.05. The first-order valence-electron chi connectivity index (χ1n) is 7.89. The molecule has 0 unspecified atom stereocenters. The van der Waals surface area contributed by atoms with Gasteiger partial charge in [0, 0.05) is 13.2 Å². The van der Waals surface area contributed by atoms with Crippen molar-refractivity contribution in [2.24, 2.45) is 5.73 Å². The van der Waals surface area contributed by atoms with Crippen LogP contribution in [0.25, 0.3) is 0 Å². The summed E-state index contributed by atoms with van der Waals surface area (Å²) in [6.45, 7) is 6.28. The van der Waals surface area contributed by atoms with Crippen LogP contribution in [0.5, 0.6) is 5.75 Å². The Morgan fingerprint density at radius 1 is 1.30 bits per heavy atom. The van der Waals surface area contributed by atoms with E-state index in [2.05, 4.69) is 31.3 Å². The van der Waals surface area contributed by atoms with Crippen molar-refractivity contribution in [3.63, 3.8) is 0 Å². The van der Waals surface area contributed by atoms with Gasteiger partial charge in [-0.25, -0.2) is 0 Å². The predicted molar refractivity (Wildman–Crippen MR) is 93.3 cm³/mol. The Hall–Kier alpha value is -1.30. The molecule has 1 aromatic rings. The van der Waals surface area contributed by atoms with Gasteiger partial charge in [-0.1, -0.05) is 26.0 Å². The number of rotatable bonds is 6. The second-order valence-electron chi connectivity index (χ2n) is 6.10. The maximum atomic E-state index is 12.1. The van der Waals surface area contributed by atoms with E-state index in [0.717, 1.165) is 5.75 Å². The van der Waals surface area contributed by atoms with E-state index < -0.39 is 5.54 Å². The highest BCUT2D eigenvalue weighted by Crippen LogP contribution is 2.19. The molecule has 6 heteroatoms. The van der Waals surface area contributed by atoms with Crippen LogP contribution in [0.2, 0.25) is 0 Å². The third kappa shape index (κ3) is 5.68. The lowest BCUT2D eigenvalue weighted by Crippen LogP contribution is -2.57. The van der Waals surface area contributed by atoms with Gasteiger partial charge in [0.1, 0.15) is 12.4 Å². The monoisotopic (exact) mass is 342 g/mol. The molecule has 0 radical (unpaired) electrons. The third-order valence-electron chi connectivity index (χ3n) is 4.04. The molecule has 1 aliphatic heterocycles. The number of ether oxygens (including phenoxy) is 2. The van der Waals surface area contributed by atoms with Gasteiger partial charge in [-0.05, 0) is 36.5 Å². The van der Waals surface area contributed by atoms with Crippen LogP contribution in [-0.2, 0) is 9.53 Å². The Balaban J connectivity index is 0.00000264. The lowest BCUT2D eigenvalue weighted by atomic mass is 9.90. The Morgan fingerprint density at radius 2 is 1.91 bits per heavy atom. The fourth-order valence-electron chi connectivity index (χ4n) is 2.42. The summed E-state index contributed by atoms with van der Waals surface area (Å²) in [5.41, 5.74) is 6.60. The van der Waals surface area contributed by atoms with Crippen LogP contribution in [0.4, 0.5) is 0 Å². The van der Waals surface area contributed by atoms with Gasteiger partial charge in [0.25, 0.3) is 0 Å². The summed E-state index contributed by atoms with van der Waals surface area (Å²) in [4.78, 5) is 12.1. The summed E-state index contributed by atoms with van der Waals surface area (Å²) >= 11 is 0. The first kappa shape index (κ1) is 19.7. The number of hydrogen-bond donors (Lipinski definition) is 2. The molecule has 1 aromatic carbocycles. The van der Waals surface area contributed by atoms with E-state index in [1.165, 1.54) is 5.56 Å². The molecule has 23 heavy (non-hydrogen) atoms. The molecule has 1 saturated heterocycles. The molecule has 0 saturated carbocycles. The van der Waals surface area contributed by atoms with Crippen molar-refractivity contribution in [3.8, 4) is 5.75 Å². The van der Waals surface area contributed by atoms with Gasteiger partial charge in [-0.2, -0.15) is 0 Å². The zero-order valence-electron chi connectivity index (χ0n) is 13.8. The maximum Gasteiger partial charge on any atom is 0.240 e. The van der Waals surface area contributed by atoms with Crippen LogP contribution in [0.1, 0.15) is 38.2 Å². The van der Waals surface area contributed by atoms with E-state index in [4.69, 9.17) is 15.2 Å². The highest BCUT2D eigenvalue weighted by molar-refractivity contribution is 5.86. The number of carbonyl (C=O) groups is 1. The van der Waals surface area contributed by atoms with Crippen LogP contribution < -0.4 is 15.8 Å². The predicted octanol–water partition coefficient (Wildman–Crippen LogP) is 2.23. The number of nitrogens with two attached hydrogens (primary N) is 1. The fraction of sp³-hybridized carbons (Fsp3) is 0.588. The Kier molecular flexibility index (Phi) is 7.82.